The Labute approximate surface area is 181 Å². The van der Waals surface area contributed by atoms with Crippen molar-refractivity contribution >= 4 is 11.5 Å². The number of carbonyl (C=O) groups is 1. The summed E-state index contributed by atoms with van der Waals surface area (Å²) in [4.78, 5) is 18.6. The number of methoxy groups -OCH3 is 1. The summed E-state index contributed by atoms with van der Waals surface area (Å²) in [5, 5.41) is 8.01. The first kappa shape index (κ1) is 20.9. The molecular formula is C25H40N2O3. The van der Waals surface area contributed by atoms with Crippen LogP contribution < -0.4 is 5.32 Å². The van der Waals surface area contributed by atoms with Gasteiger partial charge in [-0.05, 0) is 86.5 Å². The Bertz CT molecular complexity index is 703. The fourth-order valence-corrected chi connectivity index (χ4v) is 8.42. The molecule has 5 nitrogen and oxygen atoms in total. The predicted molar refractivity (Wildman–Crippen MR) is 117 cm³/mol. The van der Waals surface area contributed by atoms with Crippen molar-refractivity contribution < 1.29 is 14.4 Å². The van der Waals surface area contributed by atoms with Gasteiger partial charge in [0.15, 0.2) is 0 Å². The standard InChI is InChI=1S/C25H40N2O3/c1-24-9-6-17(27-30-18-8-11-26-14-18)13-22(24)16(15-29-3)12-19-20-4-5-23(28)25(20,2)10-7-21(19)24/h16,18-22,26H,4-15H2,1-3H3/b27-17+/t16-,18-,19+,20+,21+,22-,24-,25+/m1/s1. The smallest absolute Gasteiger partial charge is 0.141 e. The lowest BCUT2D eigenvalue weighted by molar-refractivity contribution is -0.145. The molecular weight excluding hydrogens is 376 g/mol. The van der Waals surface area contributed by atoms with Crippen molar-refractivity contribution in [2.75, 3.05) is 26.8 Å². The van der Waals surface area contributed by atoms with E-state index in [9.17, 15) is 4.79 Å². The molecule has 5 aliphatic rings. The summed E-state index contributed by atoms with van der Waals surface area (Å²) in [5.41, 5.74) is 1.56. The number of Topliss-reactive ketones (excluding diaryl/α,β-unsaturated/α-hetero) is 1. The monoisotopic (exact) mass is 416 g/mol. The summed E-state index contributed by atoms with van der Waals surface area (Å²) in [6, 6.07) is 0. The first-order valence-electron chi connectivity index (χ1n) is 12.4. The third-order valence-electron chi connectivity index (χ3n) is 10.1. The number of fused-ring (bicyclic) bond motifs is 5. The molecule has 4 aliphatic carbocycles. The number of ketones is 1. The van der Waals surface area contributed by atoms with Crippen LogP contribution in [0.5, 0.6) is 0 Å². The van der Waals surface area contributed by atoms with Crippen LogP contribution in [0.25, 0.3) is 0 Å². The van der Waals surface area contributed by atoms with Gasteiger partial charge < -0.3 is 14.9 Å². The number of nitrogens with zero attached hydrogens (tertiary/aromatic N) is 1. The molecule has 168 valence electrons. The number of hydrogen-bond acceptors (Lipinski definition) is 5. The van der Waals surface area contributed by atoms with Gasteiger partial charge in [-0.3, -0.25) is 4.79 Å². The zero-order valence-corrected chi connectivity index (χ0v) is 19.1. The maximum atomic E-state index is 12.7. The van der Waals surface area contributed by atoms with Gasteiger partial charge in [0.1, 0.15) is 11.9 Å². The number of carbonyl (C=O) groups excluding carboxylic acids is 1. The molecule has 1 N–H and O–H groups in total. The van der Waals surface area contributed by atoms with Crippen molar-refractivity contribution in [1.82, 2.24) is 5.32 Å². The van der Waals surface area contributed by atoms with Crippen molar-refractivity contribution in [1.29, 1.82) is 0 Å². The van der Waals surface area contributed by atoms with E-state index in [2.05, 4.69) is 24.3 Å². The van der Waals surface area contributed by atoms with Crippen LogP contribution in [0.1, 0.15) is 71.6 Å². The maximum Gasteiger partial charge on any atom is 0.141 e. The van der Waals surface area contributed by atoms with Gasteiger partial charge >= 0.3 is 0 Å². The predicted octanol–water partition coefficient (Wildman–Crippen LogP) is 4.21. The van der Waals surface area contributed by atoms with Crippen LogP contribution in [0.2, 0.25) is 0 Å². The molecule has 5 heteroatoms. The van der Waals surface area contributed by atoms with Crippen LogP contribution >= 0.6 is 0 Å². The third-order valence-corrected chi connectivity index (χ3v) is 10.1. The van der Waals surface area contributed by atoms with Gasteiger partial charge in [0, 0.05) is 38.5 Å². The van der Waals surface area contributed by atoms with Crippen LogP contribution in [0.15, 0.2) is 5.16 Å². The highest BCUT2D eigenvalue weighted by Gasteiger charge is 2.62. The van der Waals surface area contributed by atoms with E-state index in [1.165, 1.54) is 25.0 Å². The second-order valence-corrected chi connectivity index (χ2v) is 11.4. The van der Waals surface area contributed by atoms with Crippen molar-refractivity contribution in [3.8, 4) is 0 Å². The van der Waals surface area contributed by atoms with Crippen molar-refractivity contribution in [3.63, 3.8) is 0 Å². The molecule has 0 aromatic heterocycles. The van der Waals surface area contributed by atoms with E-state index < -0.39 is 0 Å². The molecule has 4 saturated carbocycles. The van der Waals surface area contributed by atoms with Gasteiger partial charge in [-0.2, -0.15) is 0 Å². The summed E-state index contributed by atoms with van der Waals surface area (Å²) in [6.07, 6.45) is 10.1. The third kappa shape index (κ3) is 3.26. The second kappa shape index (κ2) is 7.88. The minimum absolute atomic E-state index is 0.0492. The molecule has 0 radical (unpaired) electrons. The Morgan fingerprint density at radius 1 is 1.10 bits per heavy atom. The zero-order valence-electron chi connectivity index (χ0n) is 19.1. The van der Waals surface area contributed by atoms with Crippen LogP contribution in [0.3, 0.4) is 0 Å². The first-order valence-corrected chi connectivity index (χ1v) is 12.4. The highest BCUT2D eigenvalue weighted by molar-refractivity contribution is 5.87. The molecule has 1 saturated heterocycles. The highest BCUT2D eigenvalue weighted by atomic mass is 16.6. The lowest BCUT2D eigenvalue weighted by Gasteiger charge is -2.61. The quantitative estimate of drug-likeness (QED) is 0.698. The molecule has 0 unspecified atom stereocenters. The summed E-state index contributed by atoms with van der Waals surface area (Å²) in [5.74, 6) is 3.76. The topological polar surface area (TPSA) is 59.9 Å². The zero-order chi connectivity index (χ0) is 20.9. The van der Waals surface area contributed by atoms with Crippen molar-refractivity contribution in [2.45, 2.75) is 77.7 Å². The molecule has 0 spiro atoms. The lowest BCUT2D eigenvalue weighted by atomic mass is 9.43. The van der Waals surface area contributed by atoms with E-state index in [4.69, 9.17) is 9.57 Å². The minimum atomic E-state index is -0.0492. The Morgan fingerprint density at radius 3 is 2.73 bits per heavy atom. The lowest BCUT2D eigenvalue weighted by Crippen LogP contribution is -2.57. The van der Waals surface area contributed by atoms with Gasteiger partial charge in [0.25, 0.3) is 0 Å². The van der Waals surface area contributed by atoms with Crippen LogP contribution in [-0.2, 0) is 14.4 Å². The van der Waals surface area contributed by atoms with Crippen LogP contribution in [-0.4, -0.2) is 44.4 Å². The molecule has 0 amide bonds. The van der Waals surface area contributed by atoms with E-state index in [0.717, 1.165) is 64.1 Å². The molecule has 1 heterocycles. The Hall–Kier alpha value is -0.940. The molecule has 0 aromatic rings. The number of ether oxygens (including phenoxy) is 1. The molecule has 30 heavy (non-hydrogen) atoms. The normalized spacial score (nSPS) is 49.6. The first-order chi connectivity index (χ1) is 14.5. The SMILES string of the molecule is COC[C@H]1C[C@@H]2[C@H](CC[C@]3(C)C(=O)CC[C@@H]23)[C@@]2(C)CC/C(=N\O[C@@H]3CCNC3)C[C@H]12. The van der Waals surface area contributed by atoms with Gasteiger partial charge in [-0.15, -0.1) is 0 Å². The van der Waals surface area contributed by atoms with Gasteiger partial charge in [0.05, 0.1) is 5.71 Å². The molecule has 8 atom stereocenters. The average Bonchev–Trinajstić information content (AvgIpc) is 3.35. The number of hydrogen-bond donors (Lipinski definition) is 1. The van der Waals surface area contributed by atoms with Gasteiger partial charge in [0.2, 0.25) is 0 Å². The molecule has 5 fully saturated rings. The molecule has 0 bridgehead atoms. The average molecular weight is 417 g/mol. The van der Waals surface area contributed by atoms with Crippen LogP contribution in [0, 0.1) is 40.4 Å². The van der Waals surface area contributed by atoms with E-state index >= 15 is 0 Å². The Morgan fingerprint density at radius 2 is 1.97 bits per heavy atom. The Balaban J connectivity index is 1.38. The van der Waals surface area contributed by atoms with E-state index in [1.54, 1.807) is 0 Å². The summed E-state index contributed by atoms with van der Waals surface area (Å²) in [7, 11) is 1.85. The van der Waals surface area contributed by atoms with E-state index in [0.29, 0.717) is 34.9 Å². The minimum Gasteiger partial charge on any atom is -0.391 e. The van der Waals surface area contributed by atoms with E-state index in [1.807, 2.05) is 7.11 Å². The largest absolute Gasteiger partial charge is 0.391 e. The van der Waals surface area contributed by atoms with Crippen LogP contribution in [0.4, 0.5) is 0 Å². The Kier molecular flexibility index (Phi) is 5.50. The number of nitrogens with one attached hydrogen (secondary N) is 1. The molecule has 1 aliphatic heterocycles. The fraction of sp³-hybridized carbons (Fsp3) is 0.920. The summed E-state index contributed by atoms with van der Waals surface area (Å²) < 4.78 is 5.74. The summed E-state index contributed by atoms with van der Waals surface area (Å²) in [6.45, 7) is 7.64. The van der Waals surface area contributed by atoms with Gasteiger partial charge in [-0.1, -0.05) is 19.0 Å². The van der Waals surface area contributed by atoms with Gasteiger partial charge in [-0.25, -0.2) is 0 Å². The summed E-state index contributed by atoms with van der Waals surface area (Å²) >= 11 is 0. The maximum absolute atomic E-state index is 12.7. The number of oxime groups is 1. The van der Waals surface area contributed by atoms with Crippen molar-refractivity contribution in [3.05, 3.63) is 0 Å². The fourth-order valence-electron chi connectivity index (χ4n) is 8.42. The van der Waals surface area contributed by atoms with Crippen molar-refractivity contribution in [2.24, 2.45) is 45.6 Å². The number of rotatable bonds is 4. The molecule has 5 rings (SSSR count). The second-order valence-electron chi connectivity index (χ2n) is 11.4. The molecule has 0 aromatic carbocycles. The van der Waals surface area contributed by atoms with E-state index in [-0.39, 0.29) is 11.5 Å². The highest BCUT2D eigenvalue weighted by Crippen LogP contribution is 2.66.